The number of fused-ring (bicyclic) bond motifs is 1. The average Bonchev–Trinajstić information content (AvgIpc) is 2.32. The van der Waals surface area contributed by atoms with Gasteiger partial charge in [-0.25, -0.2) is 4.79 Å². The molecule has 0 bridgehead atoms. The molecule has 1 aromatic rings. The van der Waals surface area contributed by atoms with Crippen LogP contribution in [0.5, 0.6) is 0 Å². The van der Waals surface area contributed by atoms with Crippen molar-refractivity contribution in [1.82, 2.24) is 9.13 Å². The number of hydrogen-bond acceptors (Lipinski definition) is 3. The van der Waals surface area contributed by atoms with Crippen LogP contribution in [0.15, 0.2) is 9.59 Å². The van der Waals surface area contributed by atoms with Crippen LogP contribution in [0.25, 0.3) is 0 Å². The zero-order valence-corrected chi connectivity index (χ0v) is 9.77. The third-order valence-electron chi connectivity index (χ3n) is 3.42. The minimum atomic E-state index is -0.883. The SMILES string of the molecule is Cn1c2c(c(=O)n(C)c1=O)CC(C(=O)O)CC2. The molecule has 0 saturated heterocycles. The Hall–Kier alpha value is -1.85. The lowest BCUT2D eigenvalue weighted by atomic mass is 9.87. The van der Waals surface area contributed by atoms with Crippen LogP contribution in [-0.4, -0.2) is 20.2 Å². The summed E-state index contributed by atoms with van der Waals surface area (Å²) < 4.78 is 2.47. The Kier molecular flexibility index (Phi) is 2.65. The van der Waals surface area contributed by atoms with Crippen molar-refractivity contribution in [1.29, 1.82) is 0 Å². The molecule has 0 radical (unpaired) electrons. The molecule has 1 N–H and O–H groups in total. The molecule has 2 rings (SSSR count). The summed E-state index contributed by atoms with van der Waals surface area (Å²) in [5, 5.41) is 8.97. The van der Waals surface area contributed by atoms with Gasteiger partial charge >= 0.3 is 11.7 Å². The van der Waals surface area contributed by atoms with Crippen molar-refractivity contribution in [3.63, 3.8) is 0 Å². The van der Waals surface area contributed by atoms with Gasteiger partial charge in [-0.1, -0.05) is 0 Å². The normalized spacial score (nSPS) is 18.8. The Morgan fingerprint density at radius 1 is 1.29 bits per heavy atom. The van der Waals surface area contributed by atoms with Gasteiger partial charge in [0.2, 0.25) is 0 Å². The fourth-order valence-corrected chi connectivity index (χ4v) is 2.35. The fraction of sp³-hybridized carbons (Fsp3) is 0.545. The van der Waals surface area contributed by atoms with Crippen molar-refractivity contribution < 1.29 is 9.90 Å². The maximum atomic E-state index is 11.9. The maximum Gasteiger partial charge on any atom is 0.330 e. The topological polar surface area (TPSA) is 81.3 Å². The molecule has 0 saturated carbocycles. The summed E-state index contributed by atoms with van der Waals surface area (Å²) in [6.45, 7) is 0. The molecule has 1 unspecified atom stereocenters. The molecule has 0 aliphatic heterocycles. The fourth-order valence-electron chi connectivity index (χ4n) is 2.35. The Bertz CT molecular complexity index is 597. The summed E-state index contributed by atoms with van der Waals surface area (Å²) >= 11 is 0. The predicted molar refractivity (Wildman–Crippen MR) is 60.1 cm³/mol. The van der Waals surface area contributed by atoms with E-state index in [0.29, 0.717) is 24.1 Å². The molecule has 0 fully saturated rings. The van der Waals surface area contributed by atoms with Crippen molar-refractivity contribution in [2.75, 3.05) is 0 Å². The minimum absolute atomic E-state index is 0.214. The van der Waals surface area contributed by atoms with E-state index in [1.165, 1.54) is 11.6 Å². The Balaban J connectivity index is 2.63. The van der Waals surface area contributed by atoms with Crippen molar-refractivity contribution in [3.05, 3.63) is 32.1 Å². The van der Waals surface area contributed by atoms with Crippen LogP contribution < -0.4 is 11.2 Å². The van der Waals surface area contributed by atoms with E-state index in [2.05, 4.69) is 0 Å². The number of aromatic nitrogens is 2. The van der Waals surface area contributed by atoms with E-state index in [-0.39, 0.29) is 17.7 Å². The number of nitrogens with zero attached hydrogens (tertiary/aromatic N) is 2. The molecule has 1 heterocycles. The highest BCUT2D eigenvalue weighted by atomic mass is 16.4. The first kappa shape index (κ1) is 11.6. The number of rotatable bonds is 1. The average molecular weight is 238 g/mol. The number of carboxylic acid groups (broad SMARTS) is 1. The van der Waals surface area contributed by atoms with Crippen molar-refractivity contribution in [2.45, 2.75) is 19.3 Å². The van der Waals surface area contributed by atoms with Gasteiger partial charge in [0.25, 0.3) is 5.56 Å². The first-order valence-electron chi connectivity index (χ1n) is 5.44. The Morgan fingerprint density at radius 3 is 2.53 bits per heavy atom. The van der Waals surface area contributed by atoms with Crippen LogP contribution >= 0.6 is 0 Å². The minimum Gasteiger partial charge on any atom is -0.481 e. The molecule has 1 aliphatic rings. The molecule has 92 valence electrons. The number of carbonyl (C=O) groups is 1. The summed E-state index contributed by atoms with van der Waals surface area (Å²) in [5.41, 5.74) is 0.417. The van der Waals surface area contributed by atoms with E-state index in [4.69, 9.17) is 5.11 Å². The van der Waals surface area contributed by atoms with Gasteiger partial charge in [-0.15, -0.1) is 0 Å². The van der Waals surface area contributed by atoms with Crippen LogP contribution in [0.4, 0.5) is 0 Å². The molecule has 1 atom stereocenters. The molecular weight excluding hydrogens is 224 g/mol. The highest BCUT2D eigenvalue weighted by Gasteiger charge is 2.28. The van der Waals surface area contributed by atoms with Crippen LogP contribution in [-0.2, 0) is 31.7 Å². The summed E-state index contributed by atoms with van der Waals surface area (Å²) in [6, 6.07) is 0. The van der Waals surface area contributed by atoms with E-state index >= 15 is 0 Å². The Morgan fingerprint density at radius 2 is 1.94 bits per heavy atom. The standard InChI is InChI=1S/C11H14N2O4/c1-12-8-4-3-6(10(15)16)5-7(8)9(14)13(2)11(12)17/h6H,3-5H2,1-2H3,(H,15,16). The van der Waals surface area contributed by atoms with Gasteiger partial charge in [-0.3, -0.25) is 14.2 Å². The van der Waals surface area contributed by atoms with Gasteiger partial charge in [0, 0.05) is 25.4 Å². The lowest BCUT2D eigenvalue weighted by Gasteiger charge is -2.23. The molecular formula is C11H14N2O4. The van der Waals surface area contributed by atoms with Gasteiger partial charge in [0.1, 0.15) is 0 Å². The molecule has 0 spiro atoms. The Labute approximate surface area is 97.1 Å². The number of hydrogen-bond donors (Lipinski definition) is 1. The first-order chi connectivity index (χ1) is 7.93. The van der Waals surface area contributed by atoms with Gasteiger partial charge in [-0.2, -0.15) is 0 Å². The zero-order valence-electron chi connectivity index (χ0n) is 9.77. The smallest absolute Gasteiger partial charge is 0.330 e. The molecule has 1 aliphatic carbocycles. The summed E-state index contributed by atoms with van der Waals surface area (Å²) in [6.07, 6.45) is 1.16. The number of carboxylic acids is 1. The van der Waals surface area contributed by atoms with Gasteiger partial charge < -0.3 is 9.67 Å². The summed E-state index contributed by atoms with van der Waals surface area (Å²) in [5.74, 6) is -1.40. The van der Waals surface area contributed by atoms with E-state index < -0.39 is 11.9 Å². The molecule has 0 aromatic carbocycles. The third-order valence-corrected chi connectivity index (χ3v) is 3.42. The van der Waals surface area contributed by atoms with E-state index in [0.717, 1.165) is 4.57 Å². The molecule has 0 amide bonds. The second-order valence-electron chi connectivity index (χ2n) is 4.41. The summed E-state index contributed by atoms with van der Waals surface area (Å²) in [4.78, 5) is 34.5. The highest BCUT2D eigenvalue weighted by Crippen LogP contribution is 2.22. The van der Waals surface area contributed by atoms with E-state index in [9.17, 15) is 14.4 Å². The first-order valence-corrected chi connectivity index (χ1v) is 5.44. The molecule has 6 nitrogen and oxygen atoms in total. The largest absolute Gasteiger partial charge is 0.481 e. The maximum absolute atomic E-state index is 11.9. The van der Waals surface area contributed by atoms with Crippen LogP contribution in [0.1, 0.15) is 17.7 Å². The van der Waals surface area contributed by atoms with E-state index in [1.807, 2.05) is 0 Å². The third kappa shape index (κ3) is 1.69. The molecule has 6 heteroatoms. The zero-order chi connectivity index (χ0) is 12.7. The van der Waals surface area contributed by atoms with Gasteiger partial charge in [0.05, 0.1) is 5.92 Å². The second kappa shape index (κ2) is 3.87. The van der Waals surface area contributed by atoms with Crippen molar-refractivity contribution in [3.8, 4) is 0 Å². The molecule has 17 heavy (non-hydrogen) atoms. The highest BCUT2D eigenvalue weighted by molar-refractivity contribution is 5.70. The van der Waals surface area contributed by atoms with Crippen LogP contribution in [0.2, 0.25) is 0 Å². The second-order valence-corrected chi connectivity index (χ2v) is 4.41. The van der Waals surface area contributed by atoms with Crippen LogP contribution in [0.3, 0.4) is 0 Å². The monoisotopic (exact) mass is 238 g/mol. The van der Waals surface area contributed by atoms with Crippen molar-refractivity contribution >= 4 is 5.97 Å². The van der Waals surface area contributed by atoms with Gasteiger partial charge in [-0.05, 0) is 19.3 Å². The van der Waals surface area contributed by atoms with Crippen LogP contribution in [0, 0.1) is 5.92 Å². The lowest BCUT2D eigenvalue weighted by molar-refractivity contribution is -0.142. The lowest BCUT2D eigenvalue weighted by Crippen LogP contribution is -2.43. The van der Waals surface area contributed by atoms with Gasteiger partial charge in [0.15, 0.2) is 0 Å². The van der Waals surface area contributed by atoms with E-state index in [1.54, 1.807) is 7.05 Å². The quantitative estimate of drug-likeness (QED) is 0.699. The molecule has 1 aromatic heterocycles. The summed E-state index contributed by atoms with van der Waals surface area (Å²) in [7, 11) is 3.02. The number of aliphatic carboxylic acids is 1. The predicted octanol–water partition coefficient (Wildman–Crippen LogP) is -0.726. The van der Waals surface area contributed by atoms with Crippen molar-refractivity contribution in [2.24, 2.45) is 20.0 Å².